The summed E-state index contributed by atoms with van der Waals surface area (Å²) in [5, 5.41) is 0. The Morgan fingerprint density at radius 1 is 1.24 bits per heavy atom. The number of hydrogen-bond donors (Lipinski definition) is 0. The summed E-state index contributed by atoms with van der Waals surface area (Å²) in [5.74, 6) is 2.12. The topological polar surface area (TPSA) is 64.0 Å². The van der Waals surface area contributed by atoms with Gasteiger partial charge in [-0.05, 0) is 20.3 Å². The molecule has 1 atom stereocenters. The van der Waals surface area contributed by atoms with Crippen molar-refractivity contribution in [3.05, 3.63) is 36.2 Å². The van der Waals surface area contributed by atoms with Crippen molar-refractivity contribution < 1.29 is 4.74 Å². The molecule has 1 aliphatic rings. The van der Waals surface area contributed by atoms with Crippen LogP contribution < -0.4 is 9.64 Å². The van der Waals surface area contributed by atoms with E-state index < -0.39 is 0 Å². The second-order valence-electron chi connectivity index (χ2n) is 5.36. The highest BCUT2D eigenvalue weighted by molar-refractivity contribution is 5.48. The smallest absolute Gasteiger partial charge is 0.232 e. The predicted molar refractivity (Wildman–Crippen MR) is 79.4 cm³/mol. The van der Waals surface area contributed by atoms with Crippen molar-refractivity contribution in [2.45, 2.75) is 20.3 Å². The lowest BCUT2D eigenvalue weighted by molar-refractivity contribution is 0.251. The summed E-state index contributed by atoms with van der Waals surface area (Å²) < 4.78 is 5.70. The molecule has 0 saturated carbocycles. The van der Waals surface area contributed by atoms with E-state index in [0.29, 0.717) is 18.4 Å². The average molecular weight is 285 g/mol. The van der Waals surface area contributed by atoms with E-state index in [0.717, 1.165) is 36.6 Å². The molecule has 2 aromatic heterocycles. The van der Waals surface area contributed by atoms with Crippen molar-refractivity contribution in [2.24, 2.45) is 5.92 Å². The normalized spacial score (nSPS) is 18.0. The van der Waals surface area contributed by atoms with Gasteiger partial charge in [0, 0.05) is 42.7 Å². The first kappa shape index (κ1) is 13.7. The van der Waals surface area contributed by atoms with Crippen LogP contribution in [0, 0.1) is 19.8 Å². The largest absolute Gasteiger partial charge is 0.476 e. The third-order valence-electron chi connectivity index (χ3n) is 3.90. The van der Waals surface area contributed by atoms with Crippen LogP contribution in [0.3, 0.4) is 0 Å². The predicted octanol–water partition coefficient (Wildman–Crippen LogP) is 1.79. The summed E-state index contributed by atoms with van der Waals surface area (Å²) in [6.07, 6.45) is 7.67. The van der Waals surface area contributed by atoms with E-state index in [1.54, 1.807) is 24.9 Å². The van der Waals surface area contributed by atoms with Crippen molar-refractivity contribution >= 4 is 5.82 Å². The standard InChI is InChI=1S/C15H19N5O/c1-11-12(2)18-10-19-15(11)20-6-3-13(8-20)9-21-14-7-16-4-5-17-14/h4-5,7,10,13H,3,6,8-9H2,1-2H3. The van der Waals surface area contributed by atoms with Crippen LogP contribution in [0.1, 0.15) is 17.7 Å². The summed E-state index contributed by atoms with van der Waals surface area (Å²) >= 11 is 0. The minimum Gasteiger partial charge on any atom is -0.476 e. The van der Waals surface area contributed by atoms with E-state index in [4.69, 9.17) is 4.74 Å². The van der Waals surface area contributed by atoms with Gasteiger partial charge in [-0.15, -0.1) is 0 Å². The molecule has 0 amide bonds. The monoisotopic (exact) mass is 285 g/mol. The molecule has 1 unspecified atom stereocenters. The lowest BCUT2D eigenvalue weighted by atomic mass is 10.1. The summed E-state index contributed by atoms with van der Waals surface area (Å²) in [7, 11) is 0. The highest BCUT2D eigenvalue weighted by Gasteiger charge is 2.25. The van der Waals surface area contributed by atoms with Gasteiger partial charge in [-0.3, -0.25) is 4.98 Å². The third-order valence-corrected chi connectivity index (χ3v) is 3.90. The maximum absolute atomic E-state index is 5.70. The van der Waals surface area contributed by atoms with E-state index in [2.05, 4.69) is 31.8 Å². The number of anilines is 1. The van der Waals surface area contributed by atoms with Crippen LogP contribution in [0.2, 0.25) is 0 Å². The summed E-state index contributed by atoms with van der Waals surface area (Å²) in [5.41, 5.74) is 2.20. The van der Waals surface area contributed by atoms with E-state index >= 15 is 0 Å². The SMILES string of the molecule is Cc1ncnc(N2CCC(COc3cnccn3)C2)c1C. The lowest BCUT2D eigenvalue weighted by Crippen LogP contribution is -2.24. The summed E-state index contributed by atoms with van der Waals surface area (Å²) in [4.78, 5) is 19.1. The molecule has 1 fully saturated rings. The van der Waals surface area contributed by atoms with E-state index in [1.807, 2.05) is 6.92 Å². The Balaban J connectivity index is 1.59. The maximum atomic E-state index is 5.70. The zero-order valence-corrected chi connectivity index (χ0v) is 12.4. The fourth-order valence-electron chi connectivity index (χ4n) is 2.57. The molecule has 3 heterocycles. The molecule has 2 aromatic rings. The molecule has 3 rings (SSSR count). The number of rotatable bonds is 4. The molecule has 0 radical (unpaired) electrons. The van der Waals surface area contributed by atoms with Gasteiger partial charge in [-0.2, -0.15) is 0 Å². The second kappa shape index (κ2) is 6.03. The molecule has 1 aliphatic heterocycles. The number of aromatic nitrogens is 4. The van der Waals surface area contributed by atoms with Crippen molar-refractivity contribution in [1.82, 2.24) is 19.9 Å². The molecule has 0 N–H and O–H groups in total. The molecule has 0 bridgehead atoms. The van der Waals surface area contributed by atoms with Gasteiger partial charge in [-0.25, -0.2) is 15.0 Å². The van der Waals surface area contributed by atoms with Crippen LogP contribution in [0.25, 0.3) is 0 Å². The molecule has 0 spiro atoms. The molecule has 6 nitrogen and oxygen atoms in total. The Hall–Kier alpha value is -2.24. The molecule has 0 aliphatic carbocycles. The zero-order chi connectivity index (χ0) is 14.7. The first-order valence-electron chi connectivity index (χ1n) is 7.16. The molecule has 21 heavy (non-hydrogen) atoms. The van der Waals surface area contributed by atoms with E-state index in [-0.39, 0.29) is 0 Å². The zero-order valence-electron chi connectivity index (χ0n) is 12.4. The highest BCUT2D eigenvalue weighted by Crippen LogP contribution is 2.25. The third kappa shape index (κ3) is 3.09. The lowest BCUT2D eigenvalue weighted by Gasteiger charge is -2.20. The van der Waals surface area contributed by atoms with Gasteiger partial charge in [0.1, 0.15) is 12.1 Å². The van der Waals surface area contributed by atoms with Gasteiger partial charge < -0.3 is 9.64 Å². The molecular formula is C15H19N5O. The molecular weight excluding hydrogens is 266 g/mol. The van der Waals surface area contributed by atoms with Gasteiger partial charge in [-0.1, -0.05) is 0 Å². The van der Waals surface area contributed by atoms with Crippen LogP contribution in [0.5, 0.6) is 5.88 Å². The van der Waals surface area contributed by atoms with Crippen LogP contribution in [-0.4, -0.2) is 39.6 Å². The van der Waals surface area contributed by atoms with Crippen molar-refractivity contribution in [1.29, 1.82) is 0 Å². The Morgan fingerprint density at radius 3 is 2.95 bits per heavy atom. The van der Waals surface area contributed by atoms with Crippen LogP contribution in [0.4, 0.5) is 5.82 Å². The maximum Gasteiger partial charge on any atom is 0.232 e. The fourth-order valence-corrected chi connectivity index (χ4v) is 2.57. The van der Waals surface area contributed by atoms with Crippen molar-refractivity contribution in [3.8, 4) is 5.88 Å². The number of aryl methyl sites for hydroxylation is 1. The van der Waals surface area contributed by atoms with Crippen molar-refractivity contribution in [2.75, 3.05) is 24.6 Å². The van der Waals surface area contributed by atoms with Crippen molar-refractivity contribution in [3.63, 3.8) is 0 Å². The van der Waals surface area contributed by atoms with Gasteiger partial charge in [0.15, 0.2) is 0 Å². The highest BCUT2D eigenvalue weighted by atomic mass is 16.5. The minimum absolute atomic E-state index is 0.488. The van der Waals surface area contributed by atoms with Gasteiger partial charge >= 0.3 is 0 Å². The van der Waals surface area contributed by atoms with Crippen LogP contribution in [0.15, 0.2) is 24.9 Å². The van der Waals surface area contributed by atoms with Gasteiger partial charge in [0.25, 0.3) is 0 Å². The van der Waals surface area contributed by atoms with Gasteiger partial charge in [0.2, 0.25) is 5.88 Å². The Kier molecular flexibility index (Phi) is 3.94. The Morgan fingerprint density at radius 2 is 2.14 bits per heavy atom. The molecule has 0 aromatic carbocycles. The number of ether oxygens (including phenoxy) is 1. The second-order valence-corrected chi connectivity index (χ2v) is 5.36. The fraction of sp³-hybridized carbons (Fsp3) is 0.467. The number of hydrogen-bond acceptors (Lipinski definition) is 6. The number of nitrogens with zero attached hydrogens (tertiary/aromatic N) is 5. The quantitative estimate of drug-likeness (QED) is 0.853. The molecule has 1 saturated heterocycles. The Bertz CT molecular complexity index is 604. The van der Waals surface area contributed by atoms with Crippen LogP contribution in [-0.2, 0) is 0 Å². The van der Waals surface area contributed by atoms with E-state index in [9.17, 15) is 0 Å². The Labute approximate surface area is 124 Å². The van der Waals surface area contributed by atoms with E-state index in [1.165, 1.54) is 0 Å². The average Bonchev–Trinajstić information content (AvgIpc) is 2.98. The summed E-state index contributed by atoms with van der Waals surface area (Å²) in [6, 6.07) is 0. The summed E-state index contributed by atoms with van der Waals surface area (Å²) in [6.45, 7) is 6.72. The van der Waals surface area contributed by atoms with Gasteiger partial charge in [0.05, 0.1) is 12.8 Å². The molecule has 110 valence electrons. The van der Waals surface area contributed by atoms with Crippen LogP contribution >= 0.6 is 0 Å². The minimum atomic E-state index is 0.488. The first-order valence-corrected chi connectivity index (χ1v) is 7.16. The molecule has 6 heteroatoms. The first-order chi connectivity index (χ1) is 10.2.